The largest absolute Gasteiger partial charge is 0.276 e. The van der Waals surface area contributed by atoms with Gasteiger partial charge in [-0.2, -0.15) is 5.10 Å². The average Bonchev–Trinajstić information content (AvgIpc) is 2.19. The highest BCUT2D eigenvalue weighted by Crippen LogP contribution is 1.94. The van der Waals surface area contributed by atoms with Crippen LogP contribution in [-0.4, -0.2) is 15.5 Å². The van der Waals surface area contributed by atoms with E-state index in [4.69, 9.17) is 0 Å². The van der Waals surface area contributed by atoms with Crippen LogP contribution in [0.5, 0.6) is 0 Å². The molecule has 1 radical (unpaired) electrons. The van der Waals surface area contributed by atoms with Gasteiger partial charge in [0.05, 0.1) is 11.9 Å². The van der Waals surface area contributed by atoms with Gasteiger partial charge in [-0.15, -0.1) is 0 Å². The second-order valence-electron chi connectivity index (χ2n) is 1.44. The zero-order chi connectivity index (χ0) is 5.82. The van der Waals surface area contributed by atoms with Crippen LogP contribution in [-0.2, 0) is 6.42 Å². The smallest absolute Gasteiger partial charge is 0.0831 e. The average molecular weight is 174 g/mol. The van der Waals surface area contributed by atoms with E-state index in [1.165, 1.54) is 0 Å². The first kappa shape index (κ1) is 5.82. The van der Waals surface area contributed by atoms with Crippen molar-refractivity contribution in [1.82, 2.24) is 10.2 Å². The van der Waals surface area contributed by atoms with Gasteiger partial charge >= 0.3 is 0 Å². The van der Waals surface area contributed by atoms with Crippen LogP contribution in [0.1, 0.15) is 5.69 Å². The van der Waals surface area contributed by atoms with Crippen LogP contribution in [0.15, 0.2) is 6.07 Å². The van der Waals surface area contributed by atoms with E-state index in [9.17, 15) is 0 Å². The van der Waals surface area contributed by atoms with Gasteiger partial charge in [0.2, 0.25) is 0 Å². The molecule has 0 bridgehead atoms. The van der Waals surface area contributed by atoms with Crippen LogP contribution in [0.3, 0.4) is 0 Å². The normalized spacial score (nSPS) is 9.62. The molecule has 43 valence electrons. The second kappa shape index (κ2) is 2.87. The third kappa shape index (κ3) is 1.33. The van der Waals surface area contributed by atoms with Gasteiger partial charge in [0, 0.05) is 11.8 Å². The molecule has 8 heavy (non-hydrogen) atoms. The molecule has 0 atom stereocenters. The summed E-state index contributed by atoms with van der Waals surface area (Å²) in [7, 11) is 0. The van der Waals surface area contributed by atoms with Gasteiger partial charge in [0.25, 0.3) is 0 Å². The third-order valence-electron chi connectivity index (χ3n) is 0.853. The molecule has 1 aromatic heterocycles. The maximum atomic E-state index is 3.90. The SMILES string of the molecule is BrCCc1c[c][nH]n1. The zero-order valence-corrected chi connectivity index (χ0v) is 5.90. The van der Waals surface area contributed by atoms with Crippen LogP contribution >= 0.6 is 15.9 Å². The molecule has 1 aromatic rings. The highest BCUT2D eigenvalue weighted by atomic mass is 79.9. The van der Waals surface area contributed by atoms with Crippen LogP contribution in [0, 0.1) is 6.20 Å². The van der Waals surface area contributed by atoms with Crippen molar-refractivity contribution in [2.75, 3.05) is 5.33 Å². The highest BCUT2D eigenvalue weighted by Gasteiger charge is 1.89. The number of nitrogens with zero attached hydrogens (tertiary/aromatic N) is 1. The maximum absolute atomic E-state index is 3.90. The molecule has 1 rings (SSSR count). The molecule has 1 N–H and O–H groups in total. The van der Waals surface area contributed by atoms with E-state index in [-0.39, 0.29) is 0 Å². The van der Waals surface area contributed by atoms with Gasteiger partial charge < -0.3 is 0 Å². The Morgan fingerprint density at radius 3 is 3.25 bits per heavy atom. The van der Waals surface area contributed by atoms with Crippen LogP contribution in [0.2, 0.25) is 0 Å². The molecule has 0 saturated heterocycles. The summed E-state index contributed by atoms with van der Waals surface area (Å²) in [5.74, 6) is 0. The Kier molecular flexibility index (Phi) is 2.09. The van der Waals surface area contributed by atoms with Crippen molar-refractivity contribution in [3.05, 3.63) is 18.0 Å². The molecule has 0 aromatic carbocycles. The summed E-state index contributed by atoms with van der Waals surface area (Å²) >= 11 is 3.30. The Labute approximate surface area is 56.4 Å². The topological polar surface area (TPSA) is 28.7 Å². The van der Waals surface area contributed by atoms with Gasteiger partial charge in [0.1, 0.15) is 0 Å². The Morgan fingerprint density at radius 1 is 1.88 bits per heavy atom. The standard InChI is InChI=1S/C5H6BrN2/c6-3-1-5-2-4-7-8-5/h2H,1,3H2,(H,7,8). The summed E-state index contributed by atoms with van der Waals surface area (Å²) in [6.45, 7) is 0. The van der Waals surface area contributed by atoms with Crippen molar-refractivity contribution < 1.29 is 0 Å². The third-order valence-corrected chi connectivity index (χ3v) is 1.25. The Morgan fingerprint density at radius 2 is 2.75 bits per heavy atom. The number of H-pyrrole nitrogens is 1. The number of alkyl halides is 1. The highest BCUT2D eigenvalue weighted by molar-refractivity contribution is 9.09. The molecule has 0 aliphatic rings. The molecule has 1 heterocycles. The van der Waals surface area contributed by atoms with Crippen molar-refractivity contribution in [3.8, 4) is 0 Å². The summed E-state index contributed by atoms with van der Waals surface area (Å²) in [5.41, 5.74) is 1.06. The molecule has 0 unspecified atom stereocenters. The molecule has 2 nitrogen and oxygen atoms in total. The van der Waals surface area contributed by atoms with Gasteiger partial charge in [-0.1, -0.05) is 15.9 Å². The van der Waals surface area contributed by atoms with Crippen molar-refractivity contribution in [2.45, 2.75) is 6.42 Å². The lowest BCUT2D eigenvalue weighted by atomic mass is 10.4. The summed E-state index contributed by atoms with van der Waals surface area (Å²) in [6.07, 6.45) is 3.73. The fraction of sp³-hybridized carbons (Fsp3) is 0.400. The number of hydrogen-bond acceptors (Lipinski definition) is 1. The lowest BCUT2D eigenvalue weighted by molar-refractivity contribution is 0.982. The second-order valence-corrected chi connectivity index (χ2v) is 2.24. The quantitative estimate of drug-likeness (QED) is 0.669. The number of nitrogens with one attached hydrogen (secondary N) is 1. The summed E-state index contributed by atoms with van der Waals surface area (Å²) < 4.78 is 0. The molecule has 0 aliphatic carbocycles. The number of hydrogen-bond donors (Lipinski definition) is 1. The Hall–Kier alpha value is -0.310. The molecular weight excluding hydrogens is 168 g/mol. The monoisotopic (exact) mass is 173 g/mol. The number of halogens is 1. The van der Waals surface area contributed by atoms with Crippen molar-refractivity contribution in [3.63, 3.8) is 0 Å². The molecule has 3 heteroatoms. The van der Waals surface area contributed by atoms with Crippen molar-refractivity contribution >= 4 is 15.9 Å². The molecule has 0 fully saturated rings. The fourth-order valence-corrected chi connectivity index (χ4v) is 0.883. The summed E-state index contributed by atoms with van der Waals surface area (Å²) in [6, 6.07) is 1.85. The lowest BCUT2D eigenvalue weighted by Crippen LogP contribution is -1.83. The van der Waals surface area contributed by atoms with Crippen molar-refractivity contribution in [1.29, 1.82) is 0 Å². The minimum atomic E-state index is 0.964. The predicted octanol–water partition coefficient (Wildman–Crippen LogP) is 1.15. The van der Waals surface area contributed by atoms with Crippen LogP contribution in [0.4, 0.5) is 0 Å². The molecule has 0 saturated carbocycles. The van der Waals surface area contributed by atoms with Gasteiger partial charge in [-0.3, -0.25) is 5.10 Å². The van der Waals surface area contributed by atoms with Crippen LogP contribution < -0.4 is 0 Å². The first-order valence-electron chi connectivity index (χ1n) is 2.40. The predicted molar refractivity (Wildman–Crippen MR) is 34.9 cm³/mol. The zero-order valence-electron chi connectivity index (χ0n) is 4.32. The first-order valence-corrected chi connectivity index (χ1v) is 3.52. The summed E-state index contributed by atoms with van der Waals surface area (Å²) in [4.78, 5) is 0. The maximum Gasteiger partial charge on any atom is 0.0831 e. The fourth-order valence-electron chi connectivity index (χ4n) is 0.477. The minimum absolute atomic E-state index is 0.964. The van der Waals surface area contributed by atoms with E-state index in [1.54, 1.807) is 0 Å². The number of rotatable bonds is 2. The van der Waals surface area contributed by atoms with E-state index in [0.29, 0.717) is 0 Å². The van der Waals surface area contributed by atoms with E-state index in [2.05, 4.69) is 32.3 Å². The Balaban J connectivity index is 2.50. The van der Waals surface area contributed by atoms with Crippen molar-refractivity contribution in [2.24, 2.45) is 0 Å². The first-order chi connectivity index (χ1) is 3.93. The van der Waals surface area contributed by atoms with E-state index in [1.807, 2.05) is 6.07 Å². The lowest BCUT2D eigenvalue weighted by Gasteiger charge is -1.83. The van der Waals surface area contributed by atoms with Crippen LogP contribution in [0.25, 0.3) is 0 Å². The van der Waals surface area contributed by atoms with E-state index < -0.39 is 0 Å². The molecule has 0 aliphatic heterocycles. The number of aryl methyl sites for hydroxylation is 1. The number of aromatic amines is 1. The summed E-state index contributed by atoms with van der Waals surface area (Å²) in [5, 5.41) is 7.48. The molecule has 0 amide bonds. The van der Waals surface area contributed by atoms with E-state index >= 15 is 0 Å². The minimum Gasteiger partial charge on any atom is -0.276 e. The molecule has 0 spiro atoms. The van der Waals surface area contributed by atoms with Gasteiger partial charge in [-0.25, -0.2) is 0 Å². The van der Waals surface area contributed by atoms with Gasteiger partial charge in [0.15, 0.2) is 0 Å². The van der Waals surface area contributed by atoms with E-state index in [0.717, 1.165) is 17.4 Å². The Bertz CT molecular complexity index is 136. The van der Waals surface area contributed by atoms with Gasteiger partial charge in [-0.05, 0) is 6.07 Å². The molecular formula is C5H6BrN2. The number of aromatic nitrogens is 2.